The summed E-state index contributed by atoms with van der Waals surface area (Å²) in [5.41, 5.74) is 4.03. The molecule has 4 heteroatoms. The van der Waals surface area contributed by atoms with Crippen molar-refractivity contribution in [1.82, 2.24) is 5.43 Å². The topological polar surface area (TPSA) is 50.4 Å². The average Bonchev–Trinajstić information content (AvgIpc) is 2.17. The van der Waals surface area contributed by atoms with Crippen LogP contribution >= 0.6 is 0 Å². The highest BCUT2D eigenvalue weighted by Gasteiger charge is 2.03. The van der Waals surface area contributed by atoms with Crippen molar-refractivity contribution >= 4 is 5.84 Å². The number of hydrogen-bond acceptors (Lipinski definition) is 2. The van der Waals surface area contributed by atoms with Gasteiger partial charge in [-0.15, -0.1) is 0 Å². The van der Waals surface area contributed by atoms with E-state index in [4.69, 9.17) is 5.84 Å². The molecule has 3 nitrogen and oxygen atoms in total. The van der Waals surface area contributed by atoms with Crippen LogP contribution in [0.5, 0.6) is 0 Å². The third kappa shape index (κ3) is 3.32. The molecule has 0 fully saturated rings. The zero-order chi connectivity index (χ0) is 11.3. The van der Waals surface area contributed by atoms with Gasteiger partial charge in [0, 0.05) is 12.1 Å². The minimum absolute atomic E-state index is 0.274. The largest absolute Gasteiger partial charge is 0.308 e. The first-order chi connectivity index (χ1) is 7.17. The minimum atomic E-state index is -0.274. The van der Waals surface area contributed by atoms with E-state index in [9.17, 15) is 4.39 Å². The Morgan fingerprint density at radius 2 is 2.20 bits per heavy atom. The third-order valence-corrected chi connectivity index (χ3v) is 1.95. The van der Waals surface area contributed by atoms with Crippen molar-refractivity contribution in [2.75, 3.05) is 6.54 Å². The Balaban J connectivity index is 3.01. The summed E-state index contributed by atoms with van der Waals surface area (Å²) in [6.45, 7) is 4.53. The van der Waals surface area contributed by atoms with E-state index in [1.165, 1.54) is 12.1 Å². The lowest BCUT2D eigenvalue weighted by molar-refractivity contribution is 0.626. The molecular formula is C11H16FN3. The smallest absolute Gasteiger partial charge is 0.142 e. The lowest BCUT2D eigenvalue weighted by Crippen LogP contribution is -2.31. The summed E-state index contributed by atoms with van der Waals surface area (Å²) in [6.07, 6.45) is 0.930. The molecule has 0 aliphatic carbocycles. The third-order valence-electron chi connectivity index (χ3n) is 1.95. The number of halogens is 1. The van der Waals surface area contributed by atoms with Gasteiger partial charge < -0.3 is 5.43 Å². The highest BCUT2D eigenvalue weighted by atomic mass is 19.1. The summed E-state index contributed by atoms with van der Waals surface area (Å²) in [5.74, 6) is 5.60. The molecule has 1 aromatic rings. The molecule has 0 spiro atoms. The molecule has 0 aliphatic rings. The quantitative estimate of drug-likeness (QED) is 0.345. The Morgan fingerprint density at radius 1 is 1.47 bits per heavy atom. The van der Waals surface area contributed by atoms with E-state index in [1.807, 2.05) is 19.9 Å². The SMILES string of the molecule is CCCN=C(NN)c1cc(C)cc(F)c1. The number of aryl methyl sites for hydroxylation is 1. The van der Waals surface area contributed by atoms with Crippen molar-refractivity contribution < 1.29 is 4.39 Å². The average molecular weight is 209 g/mol. The molecular weight excluding hydrogens is 193 g/mol. The van der Waals surface area contributed by atoms with Crippen molar-refractivity contribution in [3.05, 3.63) is 35.1 Å². The first-order valence-corrected chi connectivity index (χ1v) is 4.96. The molecule has 0 unspecified atom stereocenters. The van der Waals surface area contributed by atoms with Crippen LogP contribution in [-0.4, -0.2) is 12.4 Å². The first kappa shape index (κ1) is 11.7. The van der Waals surface area contributed by atoms with E-state index in [0.29, 0.717) is 17.9 Å². The first-order valence-electron chi connectivity index (χ1n) is 4.96. The van der Waals surface area contributed by atoms with E-state index in [0.717, 1.165) is 12.0 Å². The molecule has 0 heterocycles. The Hall–Kier alpha value is -1.42. The summed E-state index contributed by atoms with van der Waals surface area (Å²) in [6, 6.07) is 4.73. The second-order valence-electron chi connectivity index (χ2n) is 3.39. The summed E-state index contributed by atoms with van der Waals surface area (Å²) in [4.78, 5) is 4.23. The molecule has 0 atom stereocenters. The van der Waals surface area contributed by atoms with Gasteiger partial charge in [0.15, 0.2) is 0 Å². The molecule has 82 valence electrons. The Bertz CT molecular complexity index is 341. The second-order valence-corrected chi connectivity index (χ2v) is 3.39. The van der Waals surface area contributed by atoms with Crippen LogP contribution in [-0.2, 0) is 0 Å². The highest BCUT2D eigenvalue weighted by Crippen LogP contribution is 2.08. The number of nitrogens with two attached hydrogens (primary N) is 1. The Kier molecular flexibility index (Phi) is 4.24. The van der Waals surface area contributed by atoms with Gasteiger partial charge in [-0.05, 0) is 37.1 Å². The number of nitrogens with zero attached hydrogens (tertiary/aromatic N) is 1. The molecule has 0 bridgehead atoms. The number of aliphatic imine (C=N–C) groups is 1. The molecule has 0 aliphatic heterocycles. The molecule has 0 saturated carbocycles. The zero-order valence-electron chi connectivity index (χ0n) is 9.05. The van der Waals surface area contributed by atoms with Crippen molar-refractivity contribution in [3.63, 3.8) is 0 Å². The predicted molar refractivity (Wildman–Crippen MR) is 60.2 cm³/mol. The van der Waals surface area contributed by atoms with Crippen molar-refractivity contribution in [2.45, 2.75) is 20.3 Å². The number of amidine groups is 1. The molecule has 15 heavy (non-hydrogen) atoms. The molecule has 0 aromatic heterocycles. The van der Waals surface area contributed by atoms with Crippen molar-refractivity contribution in [3.8, 4) is 0 Å². The van der Waals surface area contributed by atoms with E-state index in [2.05, 4.69) is 10.4 Å². The summed E-state index contributed by atoms with van der Waals surface area (Å²) < 4.78 is 13.1. The number of rotatable bonds is 3. The van der Waals surface area contributed by atoms with Gasteiger partial charge in [0.1, 0.15) is 11.7 Å². The number of hydrazine groups is 1. The van der Waals surface area contributed by atoms with Crippen LogP contribution in [0.2, 0.25) is 0 Å². The van der Waals surface area contributed by atoms with E-state index >= 15 is 0 Å². The van der Waals surface area contributed by atoms with Gasteiger partial charge in [-0.2, -0.15) is 0 Å². The molecule has 0 amide bonds. The maximum absolute atomic E-state index is 13.1. The van der Waals surface area contributed by atoms with Crippen LogP contribution in [0, 0.1) is 12.7 Å². The standard InChI is InChI=1S/C11H16FN3/c1-3-4-14-11(15-13)9-5-8(2)6-10(12)7-9/h5-7H,3-4,13H2,1-2H3,(H,14,15). The van der Waals surface area contributed by atoms with Crippen LogP contribution in [0.4, 0.5) is 4.39 Å². The Morgan fingerprint density at radius 3 is 2.73 bits per heavy atom. The van der Waals surface area contributed by atoms with Gasteiger partial charge in [0.25, 0.3) is 0 Å². The normalized spacial score (nSPS) is 11.6. The second kappa shape index (κ2) is 5.46. The van der Waals surface area contributed by atoms with Crippen LogP contribution in [0.1, 0.15) is 24.5 Å². The fraction of sp³-hybridized carbons (Fsp3) is 0.364. The fourth-order valence-corrected chi connectivity index (χ4v) is 1.32. The molecule has 3 N–H and O–H groups in total. The maximum Gasteiger partial charge on any atom is 0.142 e. The fourth-order valence-electron chi connectivity index (χ4n) is 1.32. The zero-order valence-corrected chi connectivity index (χ0v) is 9.05. The molecule has 1 aromatic carbocycles. The van der Waals surface area contributed by atoms with Gasteiger partial charge in [0.05, 0.1) is 0 Å². The molecule has 0 radical (unpaired) electrons. The highest BCUT2D eigenvalue weighted by molar-refractivity contribution is 5.98. The van der Waals surface area contributed by atoms with Crippen molar-refractivity contribution in [1.29, 1.82) is 0 Å². The van der Waals surface area contributed by atoms with Crippen LogP contribution in [0.3, 0.4) is 0 Å². The number of benzene rings is 1. The van der Waals surface area contributed by atoms with Crippen LogP contribution in [0.25, 0.3) is 0 Å². The number of hydrogen-bond donors (Lipinski definition) is 2. The van der Waals surface area contributed by atoms with Gasteiger partial charge in [-0.25, -0.2) is 10.2 Å². The van der Waals surface area contributed by atoms with Crippen LogP contribution in [0.15, 0.2) is 23.2 Å². The number of nitrogens with one attached hydrogen (secondary N) is 1. The predicted octanol–water partition coefficient (Wildman–Crippen LogP) is 1.75. The lowest BCUT2D eigenvalue weighted by Gasteiger charge is -2.06. The summed E-state index contributed by atoms with van der Waals surface area (Å²) >= 11 is 0. The maximum atomic E-state index is 13.1. The molecule has 0 saturated heterocycles. The van der Waals surface area contributed by atoms with E-state index in [1.54, 1.807) is 0 Å². The molecule has 1 rings (SSSR count). The van der Waals surface area contributed by atoms with Crippen molar-refractivity contribution in [2.24, 2.45) is 10.8 Å². The van der Waals surface area contributed by atoms with Gasteiger partial charge in [0.2, 0.25) is 0 Å². The van der Waals surface area contributed by atoms with Crippen LogP contribution < -0.4 is 11.3 Å². The van der Waals surface area contributed by atoms with E-state index in [-0.39, 0.29) is 5.82 Å². The monoisotopic (exact) mass is 209 g/mol. The van der Waals surface area contributed by atoms with Gasteiger partial charge in [-0.3, -0.25) is 4.99 Å². The minimum Gasteiger partial charge on any atom is -0.308 e. The van der Waals surface area contributed by atoms with Gasteiger partial charge >= 0.3 is 0 Å². The van der Waals surface area contributed by atoms with Gasteiger partial charge in [-0.1, -0.05) is 6.92 Å². The summed E-state index contributed by atoms with van der Waals surface area (Å²) in [7, 11) is 0. The summed E-state index contributed by atoms with van der Waals surface area (Å²) in [5, 5.41) is 0. The lowest BCUT2D eigenvalue weighted by atomic mass is 10.1. The Labute approximate surface area is 89.2 Å². The van der Waals surface area contributed by atoms with E-state index < -0.39 is 0 Å².